The molecule has 0 amide bonds. The molecule has 3 rings (SSSR count). The van der Waals surface area contributed by atoms with Gasteiger partial charge in [-0.1, -0.05) is 19.9 Å². The minimum atomic E-state index is -0.324. The van der Waals surface area contributed by atoms with E-state index in [0.717, 1.165) is 17.9 Å². The number of nitrogens with one attached hydrogen (secondary N) is 2. The quantitative estimate of drug-likeness (QED) is 0.285. The Morgan fingerprint density at radius 1 is 1.33 bits per heavy atom. The number of aliphatic imine (C=N–C) groups is 1. The first-order valence-corrected chi connectivity index (χ1v) is 10.4. The molecule has 1 aliphatic rings. The molecule has 0 saturated heterocycles. The minimum Gasteiger partial charge on any atom is -0.490 e. The topological polar surface area (TPSA) is 63.5 Å². The van der Waals surface area contributed by atoms with Crippen LogP contribution in [-0.4, -0.2) is 29.2 Å². The van der Waals surface area contributed by atoms with E-state index in [1.54, 1.807) is 13.1 Å². The molecule has 0 spiro atoms. The van der Waals surface area contributed by atoms with E-state index >= 15 is 0 Å². The van der Waals surface area contributed by atoms with Crippen LogP contribution in [0.15, 0.2) is 35.6 Å². The maximum atomic E-state index is 14.4. The van der Waals surface area contributed by atoms with E-state index in [0.29, 0.717) is 36.7 Å². The first-order chi connectivity index (χ1) is 14.0. The zero-order valence-corrected chi connectivity index (χ0v) is 20.5. The Labute approximate surface area is 195 Å². The summed E-state index contributed by atoms with van der Waals surface area (Å²) in [5.74, 6) is 2.75. The zero-order chi connectivity index (χ0) is 20.8. The molecule has 1 atom stereocenters. The molecule has 0 bridgehead atoms. The fourth-order valence-corrected chi connectivity index (χ4v) is 3.11. The van der Waals surface area contributed by atoms with Gasteiger partial charge in [0.1, 0.15) is 5.82 Å². The summed E-state index contributed by atoms with van der Waals surface area (Å²) in [6.45, 7) is 8.43. The van der Waals surface area contributed by atoms with Crippen molar-refractivity contribution in [3.05, 3.63) is 47.8 Å². The van der Waals surface area contributed by atoms with Crippen molar-refractivity contribution in [2.24, 2.45) is 16.8 Å². The summed E-state index contributed by atoms with van der Waals surface area (Å²) in [5.41, 5.74) is 0.838. The Hall–Kier alpha value is -1.84. The Bertz CT molecular complexity index is 835. The molecule has 1 unspecified atom stereocenters. The van der Waals surface area contributed by atoms with Gasteiger partial charge in [-0.15, -0.1) is 24.0 Å². The van der Waals surface area contributed by atoms with Crippen LogP contribution in [0.4, 0.5) is 4.39 Å². The van der Waals surface area contributed by atoms with Crippen LogP contribution in [0.25, 0.3) is 0 Å². The van der Waals surface area contributed by atoms with E-state index in [1.807, 2.05) is 25.4 Å². The highest BCUT2D eigenvalue weighted by molar-refractivity contribution is 14.0. The Morgan fingerprint density at radius 2 is 2.10 bits per heavy atom. The largest absolute Gasteiger partial charge is 0.490 e. The van der Waals surface area contributed by atoms with Gasteiger partial charge in [0.15, 0.2) is 17.5 Å². The van der Waals surface area contributed by atoms with E-state index in [4.69, 9.17) is 4.74 Å². The second-order valence-electron chi connectivity index (χ2n) is 8.13. The van der Waals surface area contributed by atoms with Crippen LogP contribution in [0.1, 0.15) is 51.0 Å². The molecule has 1 heterocycles. The predicted molar refractivity (Wildman–Crippen MR) is 129 cm³/mol. The first-order valence-electron chi connectivity index (χ1n) is 10.4. The average molecular weight is 529 g/mol. The number of ether oxygens (including phenoxy) is 1. The van der Waals surface area contributed by atoms with Gasteiger partial charge in [-0.25, -0.2) is 9.37 Å². The normalized spacial score (nSPS) is 14.9. The fraction of sp³-hybridized carbons (Fsp3) is 0.545. The second kappa shape index (κ2) is 11.5. The van der Waals surface area contributed by atoms with Crippen LogP contribution < -0.4 is 15.4 Å². The van der Waals surface area contributed by atoms with Crippen molar-refractivity contribution < 1.29 is 9.13 Å². The molecular weight excluding hydrogens is 496 g/mol. The summed E-state index contributed by atoms with van der Waals surface area (Å²) >= 11 is 0. The van der Waals surface area contributed by atoms with Crippen molar-refractivity contribution in [3.63, 3.8) is 0 Å². The number of guanidine groups is 1. The molecule has 1 fully saturated rings. The second-order valence-corrected chi connectivity index (χ2v) is 8.13. The third kappa shape index (κ3) is 7.14. The Balaban J connectivity index is 0.00000320. The minimum absolute atomic E-state index is 0. The molecule has 0 radical (unpaired) electrons. The zero-order valence-electron chi connectivity index (χ0n) is 18.2. The fourth-order valence-electron chi connectivity index (χ4n) is 3.11. The van der Waals surface area contributed by atoms with Crippen LogP contribution in [0.3, 0.4) is 0 Å². The molecule has 1 aromatic carbocycles. The van der Waals surface area contributed by atoms with Gasteiger partial charge in [-0.2, -0.15) is 0 Å². The maximum absolute atomic E-state index is 14.4. The molecule has 2 aromatic rings. The number of hydrogen-bond acceptors (Lipinski definition) is 3. The van der Waals surface area contributed by atoms with Gasteiger partial charge in [0.2, 0.25) is 0 Å². The molecule has 1 aliphatic carbocycles. The smallest absolute Gasteiger partial charge is 0.191 e. The van der Waals surface area contributed by atoms with Gasteiger partial charge in [-0.3, -0.25) is 4.99 Å². The maximum Gasteiger partial charge on any atom is 0.191 e. The third-order valence-corrected chi connectivity index (χ3v) is 4.98. The van der Waals surface area contributed by atoms with Crippen molar-refractivity contribution in [2.45, 2.75) is 52.7 Å². The molecule has 166 valence electrons. The van der Waals surface area contributed by atoms with Crippen molar-refractivity contribution in [1.29, 1.82) is 0 Å². The summed E-state index contributed by atoms with van der Waals surface area (Å²) in [6, 6.07) is 5.03. The SMILES string of the molecule is CN=C(NCc1nccn1CC(C)C)NC(C)c1ccc(OCC2CC2)c(F)c1.I. The Morgan fingerprint density at radius 3 is 2.73 bits per heavy atom. The average Bonchev–Trinajstić information content (AvgIpc) is 3.42. The summed E-state index contributed by atoms with van der Waals surface area (Å²) in [6.07, 6.45) is 6.17. The lowest BCUT2D eigenvalue weighted by molar-refractivity contribution is 0.285. The lowest BCUT2D eigenvalue weighted by atomic mass is 10.1. The third-order valence-electron chi connectivity index (χ3n) is 4.98. The lowest BCUT2D eigenvalue weighted by Gasteiger charge is -2.19. The van der Waals surface area contributed by atoms with Gasteiger partial charge >= 0.3 is 0 Å². The number of aromatic nitrogens is 2. The van der Waals surface area contributed by atoms with E-state index in [1.165, 1.54) is 18.9 Å². The number of rotatable bonds is 9. The van der Waals surface area contributed by atoms with Crippen LogP contribution in [0, 0.1) is 17.7 Å². The van der Waals surface area contributed by atoms with Gasteiger partial charge in [0.05, 0.1) is 19.2 Å². The Kier molecular flexibility index (Phi) is 9.38. The summed E-state index contributed by atoms with van der Waals surface area (Å²) in [4.78, 5) is 8.70. The molecule has 30 heavy (non-hydrogen) atoms. The monoisotopic (exact) mass is 529 g/mol. The highest BCUT2D eigenvalue weighted by Crippen LogP contribution is 2.30. The molecule has 1 saturated carbocycles. The van der Waals surface area contributed by atoms with Gasteiger partial charge in [0, 0.05) is 26.0 Å². The highest BCUT2D eigenvalue weighted by atomic mass is 127. The molecular formula is C22H33FIN5O. The number of benzene rings is 1. The van der Waals surface area contributed by atoms with Gasteiger partial charge in [0.25, 0.3) is 0 Å². The van der Waals surface area contributed by atoms with Crippen LogP contribution in [0.2, 0.25) is 0 Å². The number of nitrogens with zero attached hydrogens (tertiary/aromatic N) is 3. The molecule has 8 heteroatoms. The first kappa shape index (κ1) is 24.4. The lowest BCUT2D eigenvalue weighted by Crippen LogP contribution is -2.38. The van der Waals surface area contributed by atoms with Crippen LogP contribution in [-0.2, 0) is 13.1 Å². The van der Waals surface area contributed by atoms with Crippen molar-refractivity contribution in [3.8, 4) is 5.75 Å². The molecule has 1 aromatic heterocycles. The van der Waals surface area contributed by atoms with E-state index in [9.17, 15) is 4.39 Å². The van der Waals surface area contributed by atoms with Gasteiger partial charge in [-0.05, 0) is 49.3 Å². The predicted octanol–water partition coefficient (Wildman–Crippen LogP) is 4.51. The highest BCUT2D eigenvalue weighted by Gasteiger charge is 2.22. The summed E-state index contributed by atoms with van der Waals surface area (Å²) < 4.78 is 22.1. The number of halogens is 2. The van der Waals surface area contributed by atoms with Crippen molar-refractivity contribution in [1.82, 2.24) is 20.2 Å². The van der Waals surface area contributed by atoms with E-state index < -0.39 is 0 Å². The van der Waals surface area contributed by atoms with Gasteiger partial charge < -0.3 is 19.9 Å². The molecule has 2 N–H and O–H groups in total. The van der Waals surface area contributed by atoms with Crippen LogP contribution in [0.5, 0.6) is 5.75 Å². The standard InChI is InChI=1S/C22H32FN5O.HI/c1-15(2)13-28-10-9-25-21(28)12-26-22(24-4)27-16(3)18-7-8-20(19(23)11-18)29-14-17-5-6-17;/h7-11,15-17H,5-6,12-14H2,1-4H3,(H2,24,26,27);1H. The summed E-state index contributed by atoms with van der Waals surface area (Å²) in [5, 5.41) is 6.60. The molecule has 6 nitrogen and oxygen atoms in total. The summed E-state index contributed by atoms with van der Waals surface area (Å²) in [7, 11) is 1.72. The van der Waals surface area contributed by atoms with Crippen molar-refractivity contribution >= 4 is 29.9 Å². The van der Waals surface area contributed by atoms with E-state index in [2.05, 4.69) is 39.0 Å². The van der Waals surface area contributed by atoms with E-state index in [-0.39, 0.29) is 35.8 Å². The van der Waals surface area contributed by atoms with Crippen LogP contribution >= 0.6 is 24.0 Å². The number of imidazole rings is 1. The number of hydrogen-bond donors (Lipinski definition) is 2. The van der Waals surface area contributed by atoms with Crippen molar-refractivity contribution in [2.75, 3.05) is 13.7 Å². The molecule has 0 aliphatic heterocycles.